The Morgan fingerprint density at radius 3 is 2.44 bits per heavy atom. The van der Waals surface area contributed by atoms with Gasteiger partial charge in [-0.25, -0.2) is 9.59 Å². The van der Waals surface area contributed by atoms with Gasteiger partial charge in [0, 0.05) is 12.7 Å². The smallest absolute Gasteiger partial charge is 0.356 e. The lowest BCUT2D eigenvalue weighted by Crippen LogP contribution is -2.70. The van der Waals surface area contributed by atoms with Crippen LogP contribution in [-0.4, -0.2) is 58.0 Å². The number of thioether (sulfide) groups is 1. The summed E-state index contributed by atoms with van der Waals surface area (Å²) in [7, 11) is 0. The van der Waals surface area contributed by atoms with Crippen LogP contribution in [0, 0.1) is 0 Å². The molecular weight excluding hydrogens is 348 g/mol. The Kier molecular flexibility index (Phi) is 5.46. The molecule has 8 nitrogen and oxygen atoms in total. The molecule has 2 aliphatic rings. The van der Waals surface area contributed by atoms with Crippen LogP contribution < -0.4 is 5.32 Å². The second kappa shape index (κ2) is 7.07. The molecule has 25 heavy (non-hydrogen) atoms. The van der Waals surface area contributed by atoms with Crippen molar-refractivity contribution >= 4 is 35.5 Å². The Morgan fingerprint density at radius 2 is 1.92 bits per heavy atom. The quantitative estimate of drug-likeness (QED) is 0.570. The number of hydrogen-bond acceptors (Lipinski definition) is 7. The van der Waals surface area contributed by atoms with Gasteiger partial charge in [-0.1, -0.05) is 0 Å². The number of rotatable bonds is 4. The van der Waals surface area contributed by atoms with Crippen LogP contribution >= 0.6 is 11.8 Å². The zero-order chi connectivity index (χ0) is 18.9. The van der Waals surface area contributed by atoms with Gasteiger partial charge in [-0.2, -0.15) is 0 Å². The molecule has 0 aromatic carbocycles. The highest BCUT2D eigenvalue weighted by Gasteiger charge is 2.55. The Bertz CT molecular complexity index is 652. The highest BCUT2D eigenvalue weighted by Crippen LogP contribution is 2.41. The van der Waals surface area contributed by atoms with E-state index in [1.54, 1.807) is 27.7 Å². The van der Waals surface area contributed by atoms with Crippen molar-refractivity contribution in [3.8, 4) is 0 Å². The summed E-state index contributed by atoms with van der Waals surface area (Å²) in [5, 5.41) is 2.12. The van der Waals surface area contributed by atoms with E-state index in [0.29, 0.717) is 0 Å². The van der Waals surface area contributed by atoms with E-state index in [9.17, 15) is 19.2 Å². The summed E-state index contributed by atoms with van der Waals surface area (Å²) in [5.41, 5.74) is -0.773. The molecule has 138 valence electrons. The fraction of sp³-hybridized carbons (Fsp3) is 0.625. The molecule has 2 rings (SSSR count). The van der Waals surface area contributed by atoms with E-state index in [0.717, 1.165) is 0 Å². The van der Waals surface area contributed by atoms with Gasteiger partial charge >= 0.3 is 11.9 Å². The molecule has 1 N–H and O–H groups in total. The number of ether oxygens (including phenoxy) is 2. The summed E-state index contributed by atoms with van der Waals surface area (Å²) >= 11 is 1.29. The van der Waals surface area contributed by atoms with Crippen molar-refractivity contribution in [2.24, 2.45) is 0 Å². The Balaban J connectivity index is 2.37. The number of β-lactam (4-membered cyclic amide) rings is 1. The first kappa shape index (κ1) is 19.3. The van der Waals surface area contributed by atoms with Gasteiger partial charge in [-0.15, -0.1) is 11.8 Å². The summed E-state index contributed by atoms with van der Waals surface area (Å²) in [5.74, 6) is -1.99. The molecule has 2 amide bonds. The molecule has 2 atom stereocenters. The highest BCUT2D eigenvalue weighted by molar-refractivity contribution is 8.00. The van der Waals surface area contributed by atoms with Crippen molar-refractivity contribution < 1.29 is 28.7 Å². The van der Waals surface area contributed by atoms with E-state index in [4.69, 9.17) is 9.47 Å². The molecule has 0 aromatic heterocycles. The van der Waals surface area contributed by atoms with Gasteiger partial charge in [0.2, 0.25) is 5.91 Å². The topological polar surface area (TPSA) is 102 Å². The first-order valence-corrected chi connectivity index (χ1v) is 8.97. The predicted molar refractivity (Wildman–Crippen MR) is 90.2 cm³/mol. The average Bonchev–Trinajstić information content (AvgIpc) is 2.49. The summed E-state index contributed by atoms with van der Waals surface area (Å²) in [6.07, 6.45) is 0. The normalized spacial score (nSPS) is 22.8. The molecule has 1 fully saturated rings. The van der Waals surface area contributed by atoms with Gasteiger partial charge in [-0.3, -0.25) is 14.5 Å². The van der Waals surface area contributed by atoms with Crippen molar-refractivity contribution in [1.82, 2.24) is 10.2 Å². The van der Waals surface area contributed by atoms with Crippen LogP contribution in [0.25, 0.3) is 0 Å². The van der Waals surface area contributed by atoms with Crippen LogP contribution in [0.2, 0.25) is 0 Å². The van der Waals surface area contributed by atoms with E-state index in [2.05, 4.69) is 5.32 Å². The maximum Gasteiger partial charge on any atom is 0.356 e. The van der Waals surface area contributed by atoms with Gasteiger partial charge in [0.1, 0.15) is 22.7 Å². The number of amides is 2. The molecule has 0 aromatic rings. The number of hydrogen-bond donors (Lipinski definition) is 1. The van der Waals surface area contributed by atoms with Crippen LogP contribution in [-0.2, 0) is 28.7 Å². The summed E-state index contributed by atoms with van der Waals surface area (Å²) in [6.45, 7) is 8.22. The lowest BCUT2D eigenvalue weighted by molar-refractivity contribution is -0.159. The monoisotopic (exact) mass is 370 g/mol. The molecule has 0 radical (unpaired) electrons. The van der Waals surface area contributed by atoms with E-state index in [1.165, 1.54) is 23.6 Å². The minimum Gasteiger partial charge on any atom is -0.463 e. The predicted octanol–water partition coefficient (Wildman–Crippen LogP) is 0.565. The average molecular weight is 370 g/mol. The number of nitrogens with one attached hydrogen (secondary N) is 1. The van der Waals surface area contributed by atoms with E-state index < -0.39 is 34.9 Å². The van der Waals surface area contributed by atoms with Crippen LogP contribution in [0.1, 0.15) is 34.6 Å². The summed E-state index contributed by atoms with van der Waals surface area (Å²) in [4.78, 5) is 49.7. The first-order chi connectivity index (χ1) is 11.6. The van der Waals surface area contributed by atoms with Crippen LogP contribution in [0.4, 0.5) is 0 Å². The van der Waals surface area contributed by atoms with Crippen molar-refractivity contribution in [2.45, 2.75) is 51.6 Å². The third-order valence-corrected chi connectivity index (χ3v) is 4.72. The zero-order valence-corrected chi connectivity index (χ0v) is 15.7. The molecule has 1 unspecified atom stereocenters. The minimum atomic E-state index is -0.783. The van der Waals surface area contributed by atoms with Crippen LogP contribution in [0.3, 0.4) is 0 Å². The van der Waals surface area contributed by atoms with E-state index >= 15 is 0 Å². The molecule has 0 aliphatic carbocycles. The SMILES string of the molecule is CCOC(=O)C1=C(C(=O)OC(C)(C)C)N2C(=O)C(NC(C)=O)[C@H]2SC1. The summed E-state index contributed by atoms with van der Waals surface area (Å²) < 4.78 is 10.4. The van der Waals surface area contributed by atoms with Gasteiger partial charge in [0.15, 0.2) is 0 Å². The maximum atomic E-state index is 12.6. The molecule has 2 heterocycles. The highest BCUT2D eigenvalue weighted by atomic mass is 32.2. The van der Waals surface area contributed by atoms with Crippen molar-refractivity contribution in [1.29, 1.82) is 0 Å². The lowest BCUT2D eigenvalue weighted by Gasteiger charge is -2.49. The van der Waals surface area contributed by atoms with Crippen molar-refractivity contribution in [3.05, 3.63) is 11.3 Å². The molecule has 1 saturated heterocycles. The zero-order valence-electron chi connectivity index (χ0n) is 14.9. The molecule has 0 spiro atoms. The Morgan fingerprint density at radius 1 is 1.28 bits per heavy atom. The fourth-order valence-corrected chi connectivity index (χ4v) is 3.86. The minimum absolute atomic E-state index is 0.0938. The number of esters is 2. The van der Waals surface area contributed by atoms with Gasteiger partial charge in [0.25, 0.3) is 5.91 Å². The standard InChI is InChI=1S/C16H22N2O6S/c1-6-23-14(21)9-7-25-13-10(17-8(2)19)12(20)18(13)11(9)15(22)24-16(3,4)5/h10,13H,6-7H2,1-5H3,(H,17,19)/t10?,13-/m1/s1. The van der Waals surface area contributed by atoms with E-state index in [1.807, 2.05) is 0 Å². The Labute approximate surface area is 150 Å². The number of fused-ring (bicyclic) bond motifs is 1. The molecule has 9 heteroatoms. The molecule has 0 saturated carbocycles. The van der Waals surface area contributed by atoms with Gasteiger partial charge < -0.3 is 14.8 Å². The molecule has 2 aliphatic heterocycles. The first-order valence-electron chi connectivity index (χ1n) is 7.92. The van der Waals surface area contributed by atoms with Crippen LogP contribution in [0.5, 0.6) is 0 Å². The number of carbonyl (C=O) groups is 4. The fourth-order valence-electron chi connectivity index (χ4n) is 2.53. The second-order valence-corrected chi connectivity index (χ2v) is 7.74. The number of nitrogens with zero attached hydrogens (tertiary/aromatic N) is 1. The second-order valence-electron chi connectivity index (χ2n) is 6.64. The lowest BCUT2D eigenvalue weighted by atomic mass is 10.0. The van der Waals surface area contributed by atoms with E-state index in [-0.39, 0.29) is 29.5 Å². The molecular formula is C16H22N2O6S. The Hall–Kier alpha value is -2.03. The summed E-state index contributed by atoms with van der Waals surface area (Å²) in [6, 6.07) is -0.719. The van der Waals surface area contributed by atoms with Crippen molar-refractivity contribution in [3.63, 3.8) is 0 Å². The van der Waals surface area contributed by atoms with Gasteiger partial charge in [-0.05, 0) is 27.7 Å². The van der Waals surface area contributed by atoms with Crippen molar-refractivity contribution in [2.75, 3.05) is 12.4 Å². The maximum absolute atomic E-state index is 12.6. The number of carbonyl (C=O) groups excluding carboxylic acids is 4. The third kappa shape index (κ3) is 3.97. The largest absolute Gasteiger partial charge is 0.463 e. The molecule has 0 bridgehead atoms. The van der Waals surface area contributed by atoms with Gasteiger partial charge in [0.05, 0.1) is 12.2 Å². The van der Waals surface area contributed by atoms with Crippen LogP contribution in [0.15, 0.2) is 11.3 Å². The third-order valence-electron chi connectivity index (χ3n) is 3.44.